The highest BCUT2D eigenvalue weighted by Gasteiger charge is 2.15. The highest BCUT2D eigenvalue weighted by atomic mass is 16.3. The van der Waals surface area contributed by atoms with E-state index in [2.05, 4.69) is 0 Å². The van der Waals surface area contributed by atoms with E-state index in [1.165, 1.54) is 29.2 Å². The Bertz CT molecular complexity index is 540. The van der Waals surface area contributed by atoms with Gasteiger partial charge in [-0.05, 0) is 37.6 Å². The number of benzene rings is 1. The summed E-state index contributed by atoms with van der Waals surface area (Å²) < 4.78 is 0. The lowest BCUT2D eigenvalue weighted by Crippen LogP contribution is -2.31. The molecule has 0 aliphatic heterocycles. The van der Waals surface area contributed by atoms with Crippen LogP contribution in [0.4, 0.5) is 0 Å². The lowest BCUT2D eigenvalue weighted by atomic mass is 10.1. The zero-order valence-corrected chi connectivity index (χ0v) is 10.9. The monoisotopic (exact) mass is 260 g/mol. The van der Waals surface area contributed by atoms with Crippen LogP contribution in [0.2, 0.25) is 0 Å². The van der Waals surface area contributed by atoms with Crippen molar-refractivity contribution in [2.24, 2.45) is 0 Å². The number of nitrogens with zero attached hydrogens (tertiary/aromatic N) is 2. The number of phenols is 2. The van der Waals surface area contributed by atoms with E-state index >= 15 is 0 Å². The first-order valence-corrected chi connectivity index (χ1v) is 5.96. The fourth-order valence-electron chi connectivity index (χ4n) is 1.62. The molecule has 5 nitrogen and oxygen atoms in total. The molecule has 0 saturated heterocycles. The van der Waals surface area contributed by atoms with Crippen LogP contribution < -0.4 is 0 Å². The van der Waals surface area contributed by atoms with Crippen LogP contribution in [-0.2, 0) is 4.79 Å². The fraction of sp³-hybridized carbons (Fsp3) is 0.286. The minimum absolute atomic E-state index is 0.00575. The summed E-state index contributed by atoms with van der Waals surface area (Å²) >= 11 is 0. The van der Waals surface area contributed by atoms with E-state index in [0.29, 0.717) is 18.7 Å². The summed E-state index contributed by atoms with van der Waals surface area (Å²) in [4.78, 5) is 13.6. The molecule has 2 N–H and O–H groups in total. The number of amides is 1. The van der Waals surface area contributed by atoms with Crippen LogP contribution in [0.5, 0.6) is 11.5 Å². The first-order chi connectivity index (χ1) is 9.03. The zero-order chi connectivity index (χ0) is 14.4. The normalized spacial score (nSPS) is 10.9. The van der Waals surface area contributed by atoms with Crippen LogP contribution in [0.3, 0.4) is 0 Å². The third kappa shape index (κ3) is 3.49. The van der Waals surface area contributed by atoms with E-state index in [-0.39, 0.29) is 23.0 Å². The Hall–Kier alpha value is -2.48. The smallest absolute Gasteiger partial charge is 0.264 e. The van der Waals surface area contributed by atoms with Gasteiger partial charge in [0.05, 0.1) is 0 Å². The maximum Gasteiger partial charge on any atom is 0.264 e. The standard InChI is InChI=1S/C14H16N2O3/c1-3-16(4-2)14(19)11(9-15)7-10-5-6-12(17)13(18)8-10/h5-8,17-18H,3-4H2,1-2H3. The third-order valence-electron chi connectivity index (χ3n) is 2.71. The molecule has 0 fully saturated rings. The van der Waals surface area contributed by atoms with Crippen molar-refractivity contribution >= 4 is 12.0 Å². The molecule has 1 rings (SSSR count). The maximum atomic E-state index is 12.0. The number of carbonyl (C=O) groups excluding carboxylic acids is 1. The van der Waals surface area contributed by atoms with E-state index < -0.39 is 0 Å². The number of aromatic hydroxyl groups is 2. The second kappa shape index (κ2) is 6.45. The van der Waals surface area contributed by atoms with Crippen molar-refractivity contribution < 1.29 is 15.0 Å². The Kier molecular flexibility index (Phi) is 4.95. The van der Waals surface area contributed by atoms with E-state index in [1.54, 1.807) is 0 Å². The number of hydrogen-bond acceptors (Lipinski definition) is 4. The fourth-order valence-corrected chi connectivity index (χ4v) is 1.62. The second-order valence-electron chi connectivity index (χ2n) is 3.90. The average molecular weight is 260 g/mol. The summed E-state index contributed by atoms with van der Waals surface area (Å²) in [5, 5.41) is 27.6. The van der Waals surface area contributed by atoms with Gasteiger partial charge in [0.15, 0.2) is 11.5 Å². The lowest BCUT2D eigenvalue weighted by molar-refractivity contribution is -0.126. The van der Waals surface area contributed by atoms with Crippen molar-refractivity contribution in [1.82, 2.24) is 4.90 Å². The van der Waals surface area contributed by atoms with E-state index in [4.69, 9.17) is 5.26 Å². The molecular formula is C14H16N2O3. The van der Waals surface area contributed by atoms with Gasteiger partial charge in [-0.15, -0.1) is 0 Å². The maximum absolute atomic E-state index is 12.0. The average Bonchev–Trinajstić information content (AvgIpc) is 2.41. The van der Waals surface area contributed by atoms with Gasteiger partial charge in [-0.2, -0.15) is 5.26 Å². The first kappa shape index (κ1) is 14.6. The van der Waals surface area contributed by atoms with Gasteiger partial charge in [-0.3, -0.25) is 4.79 Å². The molecule has 0 aliphatic carbocycles. The topological polar surface area (TPSA) is 84.6 Å². The van der Waals surface area contributed by atoms with Crippen LogP contribution in [-0.4, -0.2) is 34.1 Å². The Balaban J connectivity index is 3.09. The van der Waals surface area contributed by atoms with E-state index in [1.807, 2.05) is 19.9 Å². The van der Waals surface area contributed by atoms with Crippen molar-refractivity contribution in [1.29, 1.82) is 5.26 Å². The van der Waals surface area contributed by atoms with Crippen LogP contribution >= 0.6 is 0 Å². The van der Waals surface area contributed by atoms with E-state index in [0.717, 1.165) is 0 Å². The van der Waals surface area contributed by atoms with Crippen LogP contribution in [0.1, 0.15) is 19.4 Å². The minimum atomic E-state index is -0.347. The van der Waals surface area contributed by atoms with Gasteiger partial charge < -0.3 is 15.1 Å². The predicted octanol–water partition coefficient (Wildman–Crippen LogP) is 1.87. The summed E-state index contributed by atoms with van der Waals surface area (Å²) in [6, 6.07) is 5.97. The molecule has 1 aromatic rings. The molecule has 100 valence electrons. The molecule has 0 atom stereocenters. The quantitative estimate of drug-likeness (QED) is 0.491. The third-order valence-corrected chi connectivity index (χ3v) is 2.71. The molecule has 0 aliphatic rings. The molecule has 0 heterocycles. The summed E-state index contributed by atoms with van der Waals surface area (Å²) in [7, 11) is 0. The summed E-state index contributed by atoms with van der Waals surface area (Å²) in [5.74, 6) is -0.882. The number of nitriles is 1. The molecule has 0 spiro atoms. The number of rotatable bonds is 4. The van der Waals surface area contributed by atoms with Crippen LogP contribution in [0, 0.1) is 11.3 Å². The molecular weight excluding hydrogens is 244 g/mol. The molecule has 0 radical (unpaired) electrons. The molecule has 19 heavy (non-hydrogen) atoms. The summed E-state index contributed by atoms with van der Waals surface area (Å²) in [5.41, 5.74) is 0.473. The Labute approximate surface area is 112 Å². The number of hydrogen-bond donors (Lipinski definition) is 2. The number of phenolic OH excluding ortho intramolecular Hbond substituents is 2. The lowest BCUT2D eigenvalue weighted by Gasteiger charge is -2.17. The van der Waals surface area contributed by atoms with Crippen molar-refractivity contribution in [2.45, 2.75) is 13.8 Å². The highest BCUT2D eigenvalue weighted by molar-refractivity contribution is 6.01. The zero-order valence-electron chi connectivity index (χ0n) is 10.9. The molecule has 1 aromatic carbocycles. The van der Waals surface area contributed by atoms with Crippen molar-refractivity contribution in [3.8, 4) is 17.6 Å². The Morgan fingerprint density at radius 1 is 1.32 bits per heavy atom. The SMILES string of the molecule is CCN(CC)C(=O)C(C#N)=Cc1ccc(O)c(O)c1. The molecule has 0 bridgehead atoms. The summed E-state index contributed by atoms with van der Waals surface area (Å²) in [6.45, 7) is 4.72. The molecule has 1 amide bonds. The predicted molar refractivity (Wildman–Crippen MR) is 71.3 cm³/mol. The second-order valence-corrected chi connectivity index (χ2v) is 3.90. The summed E-state index contributed by atoms with van der Waals surface area (Å²) in [6.07, 6.45) is 1.39. The van der Waals surface area contributed by atoms with Gasteiger partial charge in [0, 0.05) is 13.1 Å². The molecule has 0 aromatic heterocycles. The van der Waals surface area contributed by atoms with Gasteiger partial charge in [0.2, 0.25) is 0 Å². The van der Waals surface area contributed by atoms with Gasteiger partial charge in [0.1, 0.15) is 11.6 Å². The van der Waals surface area contributed by atoms with Crippen molar-refractivity contribution in [2.75, 3.05) is 13.1 Å². The van der Waals surface area contributed by atoms with E-state index in [9.17, 15) is 15.0 Å². The van der Waals surface area contributed by atoms with Gasteiger partial charge in [-0.25, -0.2) is 0 Å². The van der Waals surface area contributed by atoms with Gasteiger partial charge >= 0.3 is 0 Å². The van der Waals surface area contributed by atoms with Crippen molar-refractivity contribution in [3.05, 3.63) is 29.3 Å². The van der Waals surface area contributed by atoms with Crippen LogP contribution in [0.15, 0.2) is 23.8 Å². The Morgan fingerprint density at radius 2 is 1.95 bits per heavy atom. The molecule has 0 saturated carbocycles. The van der Waals surface area contributed by atoms with Crippen molar-refractivity contribution in [3.63, 3.8) is 0 Å². The number of likely N-dealkylation sites (N-methyl/N-ethyl adjacent to an activating group) is 1. The Morgan fingerprint density at radius 3 is 2.42 bits per heavy atom. The number of carbonyl (C=O) groups is 1. The first-order valence-electron chi connectivity index (χ1n) is 5.96. The molecule has 5 heteroatoms. The molecule has 0 unspecified atom stereocenters. The van der Waals surface area contributed by atoms with Gasteiger partial charge in [0.25, 0.3) is 5.91 Å². The largest absolute Gasteiger partial charge is 0.504 e. The minimum Gasteiger partial charge on any atom is -0.504 e. The highest BCUT2D eigenvalue weighted by Crippen LogP contribution is 2.26. The van der Waals surface area contributed by atoms with Crippen LogP contribution in [0.25, 0.3) is 6.08 Å². The van der Waals surface area contributed by atoms with Gasteiger partial charge in [-0.1, -0.05) is 6.07 Å².